The predicted molar refractivity (Wildman–Crippen MR) is 88.9 cm³/mol. The average molecular weight is 364 g/mol. The molecule has 6 heteroatoms. The summed E-state index contributed by atoms with van der Waals surface area (Å²) in [6.07, 6.45) is 1.79. The number of ether oxygens (including phenoxy) is 1. The van der Waals surface area contributed by atoms with Crippen molar-refractivity contribution in [3.05, 3.63) is 34.4 Å². The first-order chi connectivity index (χ1) is 10.6. The molecule has 116 valence electrons. The molecule has 1 aliphatic heterocycles. The number of carbonyl (C=O) groups is 1. The molecule has 0 saturated carbocycles. The summed E-state index contributed by atoms with van der Waals surface area (Å²) in [5.41, 5.74) is 2.02. The van der Waals surface area contributed by atoms with E-state index in [1.807, 2.05) is 25.2 Å². The molecule has 0 radical (unpaired) electrons. The molecule has 1 fully saturated rings. The minimum Gasteiger partial charge on any atom is -0.497 e. The lowest BCUT2D eigenvalue weighted by Gasteiger charge is -2.32. The van der Waals surface area contributed by atoms with E-state index in [0.29, 0.717) is 13.1 Å². The molecule has 0 bridgehead atoms. The fourth-order valence-corrected chi connectivity index (χ4v) is 3.11. The lowest BCUT2D eigenvalue weighted by molar-refractivity contribution is -0.134. The van der Waals surface area contributed by atoms with Crippen molar-refractivity contribution < 1.29 is 9.53 Å². The van der Waals surface area contributed by atoms with Gasteiger partial charge < -0.3 is 9.64 Å². The van der Waals surface area contributed by atoms with Gasteiger partial charge in [-0.15, -0.1) is 0 Å². The first-order valence-corrected chi connectivity index (χ1v) is 7.95. The van der Waals surface area contributed by atoms with Crippen LogP contribution in [-0.2, 0) is 11.3 Å². The van der Waals surface area contributed by atoms with Crippen molar-refractivity contribution in [2.45, 2.75) is 6.54 Å². The highest BCUT2D eigenvalue weighted by Gasteiger charge is 2.22. The summed E-state index contributed by atoms with van der Waals surface area (Å²) in [5, 5.41) is 1.03. The van der Waals surface area contributed by atoms with Crippen LogP contribution in [0.5, 0.6) is 5.75 Å². The highest BCUT2D eigenvalue weighted by atomic mass is 79.9. The van der Waals surface area contributed by atoms with E-state index < -0.39 is 0 Å². The fourth-order valence-electron chi connectivity index (χ4n) is 2.69. The topological polar surface area (TPSA) is 45.7 Å². The normalized spacial score (nSPS) is 16.3. The number of aromatic nitrogens is 1. The van der Waals surface area contributed by atoms with Crippen LogP contribution in [0, 0.1) is 0 Å². The van der Waals surface area contributed by atoms with Gasteiger partial charge in [-0.3, -0.25) is 14.7 Å². The van der Waals surface area contributed by atoms with Gasteiger partial charge >= 0.3 is 0 Å². The number of nitrogens with zero attached hydrogens (tertiary/aromatic N) is 3. The van der Waals surface area contributed by atoms with E-state index in [0.717, 1.165) is 39.8 Å². The van der Waals surface area contributed by atoms with Gasteiger partial charge in [0.1, 0.15) is 5.75 Å². The summed E-state index contributed by atoms with van der Waals surface area (Å²) in [6, 6.07) is 5.90. The Morgan fingerprint density at radius 3 is 2.91 bits per heavy atom. The van der Waals surface area contributed by atoms with Gasteiger partial charge in [0.2, 0.25) is 5.91 Å². The van der Waals surface area contributed by atoms with Crippen molar-refractivity contribution in [3.63, 3.8) is 0 Å². The molecule has 1 aromatic carbocycles. The van der Waals surface area contributed by atoms with Crippen LogP contribution in [0.2, 0.25) is 0 Å². The number of amides is 1. The SMILES string of the molecule is COc1cc(CN2CCN(C)C(=O)C2)c2nccc(Br)c2c1. The van der Waals surface area contributed by atoms with E-state index in [4.69, 9.17) is 4.74 Å². The number of pyridine rings is 1. The highest BCUT2D eigenvalue weighted by Crippen LogP contribution is 2.30. The maximum absolute atomic E-state index is 11.9. The van der Waals surface area contributed by atoms with Crippen molar-refractivity contribution in [2.24, 2.45) is 0 Å². The molecule has 0 spiro atoms. The first-order valence-electron chi connectivity index (χ1n) is 7.16. The van der Waals surface area contributed by atoms with E-state index in [-0.39, 0.29) is 5.91 Å². The second-order valence-electron chi connectivity index (χ2n) is 5.50. The molecular weight excluding hydrogens is 346 g/mol. The fraction of sp³-hybridized carbons (Fsp3) is 0.375. The van der Waals surface area contributed by atoms with Crippen LogP contribution in [0.3, 0.4) is 0 Å². The summed E-state index contributed by atoms with van der Waals surface area (Å²) in [4.78, 5) is 20.3. The minimum absolute atomic E-state index is 0.160. The number of hydrogen-bond donors (Lipinski definition) is 0. The summed E-state index contributed by atoms with van der Waals surface area (Å²) < 4.78 is 6.40. The Morgan fingerprint density at radius 2 is 2.18 bits per heavy atom. The van der Waals surface area contributed by atoms with Gasteiger partial charge in [0.25, 0.3) is 0 Å². The van der Waals surface area contributed by atoms with Gasteiger partial charge in [-0.1, -0.05) is 15.9 Å². The lowest BCUT2D eigenvalue weighted by atomic mass is 10.1. The molecule has 0 atom stereocenters. The zero-order valence-electron chi connectivity index (χ0n) is 12.7. The van der Waals surface area contributed by atoms with Crippen LogP contribution in [0.25, 0.3) is 10.9 Å². The van der Waals surface area contributed by atoms with E-state index >= 15 is 0 Å². The first kappa shape index (κ1) is 15.2. The molecule has 1 aliphatic rings. The summed E-state index contributed by atoms with van der Waals surface area (Å²) in [6.45, 7) is 2.77. The number of halogens is 1. The zero-order chi connectivity index (χ0) is 15.7. The van der Waals surface area contributed by atoms with Gasteiger partial charge in [-0.2, -0.15) is 0 Å². The molecule has 22 heavy (non-hydrogen) atoms. The Labute approximate surface area is 138 Å². The van der Waals surface area contributed by atoms with Gasteiger partial charge in [0.05, 0.1) is 19.2 Å². The average Bonchev–Trinajstić information content (AvgIpc) is 2.51. The Morgan fingerprint density at radius 1 is 1.36 bits per heavy atom. The lowest BCUT2D eigenvalue weighted by Crippen LogP contribution is -2.48. The van der Waals surface area contributed by atoms with Crippen molar-refractivity contribution in [2.75, 3.05) is 33.8 Å². The molecule has 0 N–H and O–H groups in total. The molecule has 1 amide bonds. The molecule has 0 aliphatic carbocycles. The maximum Gasteiger partial charge on any atom is 0.236 e. The van der Waals surface area contributed by atoms with Crippen molar-refractivity contribution in [1.82, 2.24) is 14.8 Å². The number of benzene rings is 1. The number of carbonyl (C=O) groups excluding carboxylic acids is 1. The largest absolute Gasteiger partial charge is 0.497 e. The summed E-state index contributed by atoms with van der Waals surface area (Å²) in [7, 11) is 3.51. The van der Waals surface area contributed by atoms with E-state index in [2.05, 4.69) is 25.8 Å². The van der Waals surface area contributed by atoms with Crippen LogP contribution in [0.15, 0.2) is 28.9 Å². The van der Waals surface area contributed by atoms with Crippen molar-refractivity contribution >= 4 is 32.7 Å². The molecule has 0 unspecified atom stereocenters. The van der Waals surface area contributed by atoms with Crippen LogP contribution < -0.4 is 4.74 Å². The zero-order valence-corrected chi connectivity index (χ0v) is 14.3. The molecule has 5 nitrogen and oxygen atoms in total. The third-order valence-electron chi connectivity index (χ3n) is 4.01. The van der Waals surface area contributed by atoms with Gasteiger partial charge in [-0.05, 0) is 23.8 Å². The Balaban J connectivity index is 1.96. The van der Waals surface area contributed by atoms with Gasteiger partial charge in [0.15, 0.2) is 0 Å². The second kappa shape index (κ2) is 6.22. The molecule has 2 heterocycles. The van der Waals surface area contributed by atoms with Crippen molar-refractivity contribution in [3.8, 4) is 5.75 Å². The number of rotatable bonds is 3. The van der Waals surface area contributed by atoms with Gasteiger partial charge in [0, 0.05) is 42.7 Å². The van der Waals surface area contributed by atoms with Crippen LogP contribution in [0.1, 0.15) is 5.56 Å². The smallest absolute Gasteiger partial charge is 0.236 e. The molecule has 2 aromatic rings. The number of likely N-dealkylation sites (N-methyl/N-ethyl adjacent to an activating group) is 1. The second-order valence-corrected chi connectivity index (χ2v) is 6.36. The summed E-state index contributed by atoms with van der Waals surface area (Å²) >= 11 is 3.57. The van der Waals surface area contributed by atoms with E-state index in [1.54, 1.807) is 18.2 Å². The standard InChI is InChI=1S/C16H18BrN3O2/c1-19-5-6-20(10-15(19)21)9-11-7-12(22-2)8-13-14(17)3-4-18-16(11)13/h3-4,7-8H,5-6,9-10H2,1-2H3. The Kier molecular flexibility index (Phi) is 4.31. The van der Waals surface area contributed by atoms with Crippen LogP contribution in [-0.4, -0.2) is 54.5 Å². The third-order valence-corrected chi connectivity index (χ3v) is 4.70. The maximum atomic E-state index is 11.9. The molecule has 3 rings (SSSR count). The predicted octanol–water partition coefficient (Wildman–Crippen LogP) is 2.28. The number of piperazine rings is 1. The van der Waals surface area contributed by atoms with E-state index in [9.17, 15) is 4.79 Å². The minimum atomic E-state index is 0.160. The monoisotopic (exact) mass is 363 g/mol. The number of fused-ring (bicyclic) bond motifs is 1. The number of methoxy groups -OCH3 is 1. The quantitative estimate of drug-likeness (QED) is 0.839. The van der Waals surface area contributed by atoms with E-state index in [1.165, 1.54) is 0 Å². The molecule has 1 saturated heterocycles. The summed E-state index contributed by atoms with van der Waals surface area (Å²) in [5.74, 6) is 0.962. The van der Waals surface area contributed by atoms with Gasteiger partial charge in [-0.25, -0.2) is 0 Å². The Bertz CT molecular complexity index is 720. The Hall–Kier alpha value is -1.66. The number of hydrogen-bond acceptors (Lipinski definition) is 4. The van der Waals surface area contributed by atoms with Crippen molar-refractivity contribution in [1.29, 1.82) is 0 Å². The third kappa shape index (κ3) is 2.94. The molecule has 1 aromatic heterocycles. The van der Waals surface area contributed by atoms with Crippen LogP contribution in [0.4, 0.5) is 0 Å². The highest BCUT2D eigenvalue weighted by molar-refractivity contribution is 9.10. The molecular formula is C16H18BrN3O2. The van der Waals surface area contributed by atoms with Crippen LogP contribution >= 0.6 is 15.9 Å².